The van der Waals surface area contributed by atoms with E-state index < -0.39 is 17.9 Å². The van der Waals surface area contributed by atoms with Crippen molar-refractivity contribution in [2.45, 2.75) is 44.7 Å². The van der Waals surface area contributed by atoms with Crippen molar-refractivity contribution in [3.63, 3.8) is 0 Å². The summed E-state index contributed by atoms with van der Waals surface area (Å²) in [6.45, 7) is 3.64. The summed E-state index contributed by atoms with van der Waals surface area (Å²) in [5, 5.41) is 0. The third-order valence-electron chi connectivity index (χ3n) is 4.38. The van der Waals surface area contributed by atoms with E-state index >= 15 is 0 Å². The van der Waals surface area contributed by atoms with Gasteiger partial charge < -0.3 is 14.2 Å². The standard InChI is InChI=1S/C15H14O5/c1-7-6-15-12(8(2)13(16)20-15)11-5-9(14(17)18-11)3-4-10(7)19-15/h5-6,10-11H,3-4H2,1-2H3/t10-,11-,15+/m1/s1. The van der Waals surface area contributed by atoms with Crippen molar-refractivity contribution in [3.05, 3.63) is 34.4 Å². The Morgan fingerprint density at radius 2 is 2.05 bits per heavy atom. The average molecular weight is 274 g/mol. The molecule has 0 unspecified atom stereocenters. The molecule has 0 aromatic rings. The molecule has 5 nitrogen and oxygen atoms in total. The van der Waals surface area contributed by atoms with Crippen LogP contribution < -0.4 is 0 Å². The van der Waals surface area contributed by atoms with Gasteiger partial charge in [-0.15, -0.1) is 0 Å². The van der Waals surface area contributed by atoms with Crippen LogP contribution in [0.4, 0.5) is 0 Å². The van der Waals surface area contributed by atoms with Gasteiger partial charge in [0.1, 0.15) is 6.10 Å². The normalized spacial score (nSPS) is 38.5. The zero-order chi connectivity index (χ0) is 14.1. The molecule has 4 aliphatic heterocycles. The van der Waals surface area contributed by atoms with Crippen LogP contribution in [-0.4, -0.2) is 29.9 Å². The lowest BCUT2D eigenvalue weighted by molar-refractivity contribution is -0.189. The van der Waals surface area contributed by atoms with Gasteiger partial charge in [0, 0.05) is 11.1 Å². The lowest BCUT2D eigenvalue weighted by atomic mass is 9.94. The van der Waals surface area contributed by atoms with E-state index in [1.54, 1.807) is 13.0 Å². The second kappa shape index (κ2) is 3.61. The number of rotatable bonds is 0. The minimum atomic E-state index is -1.18. The van der Waals surface area contributed by atoms with Crippen LogP contribution in [-0.2, 0) is 23.8 Å². The first-order chi connectivity index (χ1) is 9.50. The Balaban J connectivity index is 1.92. The first-order valence-electron chi connectivity index (χ1n) is 6.73. The van der Waals surface area contributed by atoms with E-state index in [9.17, 15) is 9.59 Å². The molecule has 0 saturated carbocycles. The Morgan fingerprint density at radius 3 is 2.85 bits per heavy atom. The fraction of sp³-hybridized carbons (Fsp3) is 0.467. The molecule has 0 aliphatic carbocycles. The number of hydrogen-bond acceptors (Lipinski definition) is 5. The number of carbonyl (C=O) groups is 2. The summed E-state index contributed by atoms with van der Waals surface area (Å²) < 4.78 is 16.9. The Hall–Kier alpha value is -1.88. The molecule has 0 radical (unpaired) electrons. The van der Waals surface area contributed by atoms with Gasteiger partial charge in [-0.05, 0) is 44.4 Å². The fourth-order valence-electron chi connectivity index (χ4n) is 3.35. The predicted molar refractivity (Wildman–Crippen MR) is 67.4 cm³/mol. The maximum absolute atomic E-state index is 11.9. The van der Waals surface area contributed by atoms with Crippen molar-refractivity contribution in [1.82, 2.24) is 0 Å². The smallest absolute Gasteiger partial charge is 0.337 e. The molecule has 0 amide bonds. The molecule has 0 aromatic heterocycles. The van der Waals surface area contributed by atoms with Crippen LogP contribution >= 0.6 is 0 Å². The van der Waals surface area contributed by atoms with Crippen LogP contribution in [0.15, 0.2) is 34.4 Å². The molecule has 4 bridgehead atoms. The molecule has 4 rings (SSSR count). The lowest BCUT2D eigenvalue weighted by Gasteiger charge is -2.28. The van der Waals surface area contributed by atoms with Crippen molar-refractivity contribution in [3.8, 4) is 0 Å². The zero-order valence-electron chi connectivity index (χ0n) is 11.3. The Labute approximate surface area is 115 Å². The molecule has 0 fully saturated rings. The van der Waals surface area contributed by atoms with Crippen molar-refractivity contribution >= 4 is 11.9 Å². The topological polar surface area (TPSA) is 61.8 Å². The molecule has 20 heavy (non-hydrogen) atoms. The third kappa shape index (κ3) is 1.36. The Kier molecular flexibility index (Phi) is 2.15. The van der Waals surface area contributed by atoms with Crippen molar-refractivity contribution < 1.29 is 23.8 Å². The van der Waals surface area contributed by atoms with Crippen molar-refractivity contribution in [2.24, 2.45) is 0 Å². The first kappa shape index (κ1) is 11.9. The highest BCUT2D eigenvalue weighted by Crippen LogP contribution is 2.47. The highest BCUT2D eigenvalue weighted by Gasteiger charge is 2.55. The van der Waals surface area contributed by atoms with Crippen molar-refractivity contribution in [1.29, 1.82) is 0 Å². The van der Waals surface area contributed by atoms with Crippen LogP contribution in [0.3, 0.4) is 0 Å². The van der Waals surface area contributed by atoms with Gasteiger partial charge in [-0.3, -0.25) is 0 Å². The number of ether oxygens (including phenoxy) is 3. The van der Waals surface area contributed by atoms with Crippen molar-refractivity contribution in [2.75, 3.05) is 0 Å². The fourth-order valence-corrected chi connectivity index (χ4v) is 3.35. The SMILES string of the molecule is CC1=C[C@]23OC(=O)C(C)=C2[C@H]2C=C(CC[C@H]1O3)C(=O)O2. The molecule has 0 N–H and O–H groups in total. The van der Waals surface area contributed by atoms with Gasteiger partial charge in [0.15, 0.2) is 0 Å². The van der Waals surface area contributed by atoms with E-state index in [1.807, 2.05) is 13.0 Å². The van der Waals surface area contributed by atoms with Crippen LogP contribution in [0.2, 0.25) is 0 Å². The number of fused-ring (bicyclic) bond motifs is 3. The monoisotopic (exact) mass is 274 g/mol. The molecule has 1 spiro atoms. The Morgan fingerprint density at radius 1 is 1.25 bits per heavy atom. The molecule has 3 atom stereocenters. The number of hydrogen-bond donors (Lipinski definition) is 0. The summed E-state index contributed by atoms with van der Waals surface area (Å²) in [4.78, 5) is 23.8. The van der Waals surface area contributed by atoms with Gasteiger partial charge in [0.05, 0.1) is 11.7 Å². The highest BCUT2D eigenvalue weighted by atomic mass is 16.7. The van der Waals surface area contributed by atoms with Crippen LogP contribution in [0.25, 0.3) is 0 Å². The molecule has 4 aliphatic rings. The second-order valence-corrected chi connectivity index (χ2v) is 5.65. The largest absolute Gasteiger partial charge is 0.450 e. The van der Waals surface area contributed by atoms with Gasteiger partial charge in [-0.25, -0.2) is 9.59 Å². The van der Waals surface area contributed by atoms with E-state index in [1.165, 1.54) is 0 Å². The number of esters is 2. The van der Waals surface area contributed by atoms with Gasteiger partial charge in [-0.1, -0.05) is 0 Å². The molecule has 104 valence electrons. The Bertz CT molecular complexity index is 639. The zero-order valence-corrected chi connectivity index (χ0v) is 11.3. The molecule has 4 heterocycles. The maximum Gasteiger partial charge on any atom is 0.337 e. The third-order valence-corrected chi connectivity index (χ3v) is 4.38. The van der Waals surface area contributed by atoms with Crippen LogP contribution in [0, 0.1) is 0 Å². The molecule has 0 saturated heterocycles. The summed E-state index contributed by atoms with van der Waals surface area (Å²) in [6.07, 6.45) is 4.23. The van der Waals surface area contributed by atoms with E-state index in [2.05, 4.69) is 0 Å². The van der Waals surface area contributed by atoms with E-state index in [4.69, 9.17) is 14.2 Å². The van der Waals surface area contributed by atoms with Crippen LogP contribution in [0.1, 0.15) is 26.7 Å². The molecule has 5 heteroatoms. The lowest BCUT2D eigenvalue weighted by Crippen LogP contribution is -2.37. The predicted octanol–water partition coefficient (Wildman–Crippen LogP) is 1.55. The highest BCUT2D eigenvalue weighted by molar-refractivity contribution is 5.95. The van der Waals surface area contributed by atoms with E-state index in [-0.39, 0.29) is 12.1 Å². The minimum Gasteiger partial charge on any atom is -0.450 e. The van der Waals surface area contributed by atoms with E-state index in [0.717, 1.165) is 5.57 Å². The first-order valence-corrected chi connectivity index (χ1v) is 6.73. The van der Waals surface area contributed by atoms with E-state index in [0.29, 0.717) is 29.6 Å². The summed E-state index contributed by atoms with van der Waals surface area (Å²) in [7, 11) is 0. The average Bonchev–Trinajstić information content (AvgIpc) is 2.96. The molecular weight excluding hydrogens is 260 g/mol. The summed E-state index contributed by atoms with van der Waals surface area (Å²) in [5.74, 6) is -1.90. The maximum atomic E-state index is 11.9. The van der Waals surface area contributed by atoms with Gasteiger partial charge >= 0.3 is 11.9 Å². The van der Waals surface area contributed by atoms with Gasteiger partial charge in [0.25, 0.3) is 5.79 Å². The minimum absolute atomic E-state index is 0.128. The van der Waals surface area contributed by atoms with Gasteiger partial charge in [-0.2, -0.15) is 0 Å². The molecular formula is C15H14O5. The summed E-state index contributed by atoms with van der Waals surface area (Å²) >= 11 is 0. The van der Waals surface area contributed by atoms with Gasteiger partial charge in [0.2, 0.25) is 0 Å². The summed E-state index contributed by atoms with van der Waals surface area (Å²) in [5.41, 5.74) is 2.76. The summed E-state index contributed by atoms with van der Waals surface area (Å²) in [6, 6.07) is 0. The second-order valence-electron chi connectivity index (χ2n) is 5.65. The van der Waals surface area contributed by atoms with Crippen LogP contribution in [0.5, 0.6) is 0 Å². The molecule has 0 aromatic carbocycles. The number of carbonyl (C=O) groups excluding carboxylic acids is 2. The quantitative estimate of drug-likeness (QED) is 0.495.